The molecule has 0 N–H and O–H groups in total. The van der Waals surface area contributed by atoms with Crippen molar-refractivity contribution >= 4 is 22.0 Å². The predicted molar refractivity (Wildman–Crippen MR) is 52.1 cm³/mol. The van der Waals surface area contributed by atoms with Crippen molar-refractivity contribution in [1.29, 1.82) is 0 Å². The number of morpholine rings is 1. The summed E-state index contributed by atoms with van der Waals surface area (Å²) >= 11 is 3.25. The Morgan fingerprint density at radius 3 is 2.77 bits per heavy atom. The number of halogens is 1. The van der Waals surface area contributed by atoms with Crippen molar-refractivity contribution in [3.8, 4) is 0 Å². The van der Waals surface area contributed by atoms with Gasteiger partial charge >= 0.3 is 6.09 Å². The van der Waals surface area contributed by atoms with Crippen LogP contribution in [0.5, 0.6) is 0 Å². The molecule has 0 saturated carbocycles. The number of nitrogens with zero attached hydrogens (tertiary/aromatic N) is 1. The molecule has 1 rings (SSSR count). The number of rotatable bonds is 2. The van der Waals surface area contributed by atoms with Gasteiger partial charge in [-0.3, -0.25) is 0 Å². The second kappa shape index (κ2) is 5.44. The van der Waals surface area contributed by atoms with Crippen molar-refractivity contribution in [2.45, 2.75) is 13.0 Å². The fraction of sp³-hybridized carbons (Fsp3) is 0.875. The Morgan fingerprint density at radius 1 is 1.62 bits per heavy atom. The number of carbonyl (C=O) groups excluding carboxylic acids is 1. The zero-order valence-electron chi connectivity index (χ0n) is 7.66. The van der Waals surface area contributed by atoms with Crippen LogP contribution in [0.25, 0.3) is 0 Å². The van der Waals surface area contributed by atoms with E-state index in [1.54, 1.807) is 4.90 Å². The summed E-state index contributed by atoms with van der Waals surface area (Å²) in [5, 5.41) is 0.670. The van der Waals surface area contributed by atoms with Crippen LogP contribution in [-0.2, 0) is 9.47 Å². The largest absolute Gasteiger partial charge is 0.446 e. The smallest absolute Gasteiger partial charge is 0.410 e. The zero-order chi connectivity index (χ0) is 9.68. The van der Waals surface area contributed by atoms with Crippen LogP contribution in [-0.4, -0.2) is 48.7 Å². The molecule has 1 aliphatic heterocycles. The molecule has 0 bridgehead atoms. The highest BCUT2D eigenvalue weighted by molar-refractivity contribution is 9.09. The Labute approximate surface area is 86.3 Å². The number of amides is 1. The number of alkyl halides is 1. The molecule has 13 heavy (non-hydrogen) atoms. The Morgan fingerprint density at radius 2 is 2.23 bits per heavy atom. The topological polar surface area (TPSA) is 38.8 Å². The van der Waals surface area contributed by atoms with E-state index in [-0.39, 0.29) is 12.2 Å². The Balaban J connectivity index is 2.29. The molecule has 1 fully saturated rings. The van der Waals surface area contributed by atoms with E-state index in [1.165, 1.54) is 0 Å². The first-order valence-corrected chi connectivity index (χ1v) is 5.45. The van der Waals surface area contributed by atoms with E-state index >= 15 is 0 Å². The molecule has 1 amide bonds. The van der Waals surface area contributed by atoms with E-state index in [2.05, 4.69) is 15.9 Å². The van der Waals surface area contributed by atoms with E-state index in [1.807, 2.05) is 6.92 Å². The number of carbonyl (C=O) groups is 1. The van der Waals surface area contributed by atoms with Crippen LogP contribution in [0.2, 0.25) is 0 Å². The minimum Gasteiger partial charge on any atom is -0.446 e. The first-order chi connectivity index (χ1) is 6.24. The van der Waals surface area contributed by atoms with Crippen LogP contribution in [0.1, 0.15) is 6.92 Å². The standard InChI is InChI=1S/C8H14BrNO3/c1-7(6-9)13-8(11)10-2-4-12-5-3-10/h7H,2-6H2,1H3. The van der Waals surface area contributed by atoms with Crippen molar-refractivity contribution in [3.05, 3.63) is 0 Å². The molecule has 1 saturated heterocycles. The highest BCUT2D eigenvalue weighted by Gasteiger charge is 2.19. The normalized spacial score (nSPS) is 19.7. The van der Waals surface area contributed by atoms with E-state index in [0.29, 0.717) is 31.6 Å². The average molecular weight is 252 g/mol. The monoisotopic (exact) mass is 251 g/mol. The molecule has 1 atom stereocenters. The molecule has 0 aromatic carbocycles. The third-order valence-corrected chi connectivity index (χ3v) is 2.70. The number of hydrogen-bond acceptors (Lipinski definition) is 3. The van der Waals surface area contributed by atoms with Crippen molar-refractivity contribution in [2.24, 2.45) is 0 Å². The Hall–Kier alpha value is -0.290. The van der Waals surface area contributed by atoms with E-state index in [9.17, 15) is 4.79 Å². The van der Waals surface area contributed by atoms with Gasteiger partial charge in [0.15, 0.2) is 0 Å². The van der Waals surface area contributed by atoms with E-state index in [0.717, 1.165) is 0 Å². The molecular weight excluding hydrogens is 238 g/mol. The third-order valence-electron chi connectivity index (χ3n) is 1.79. The molecule has 1 aliphatic rings. The summed E-state index contributed by atoms with van der Waals surface area (Å²) in [7, 11) is 0. The molecule has 0 aliphatic carbocycles. The molecule has 1 heterocycles. The molecule has 1 unspecified atom stereocenters. The Bertz CT molecular complexity index is 171. The highest BCUT2D eigenvalue weighted by atomic mass is 79.9. The van der Waals surface area contributed by atoms with Crippen LogP contribution in [0.3, 0.4) is 0 Å². The lowest BCUT2D eigenvalue weighted by molar-refractivity contribution is 0.0189. The molecule has 0 aromatic rings. The molecular formula is C8H14BrNO3. The van der Waals surface area contributed by atoms with Crippen molar-refractivity contribution < 1.29 is 14.3 Å². The number of hydrogen-bond donors (Lipinski definition) is 0. The summed E-state index contributed by atoms with van der Waals surface area (Å²) in [6, 6.07) is 0. The van der Waals surface area contributed by atoms with Crippen molar-refractivity contribution in [2.75, 3.05) is 31.6 Å². The summed E-state index contributed by atoms with van der Waals surface area (Å²) in [6.45, 7) is 4.34. The summed E-state index contributed by atoms with van der Waals surface area (Å²) in [5.74, 6) is 0. The van der Waals surface area contributed by atoms with Gasteiger partial charge in [0.25, 0.3) is 0 Å². The van der Waals surface area contributed by atoms with Crippen molar-refractivity contribution in [1.82, 2.24) is 4.90 Å². The first kappa shape index (κ1) is 10.8. The van der Waals surface area contributed by atoms with Gasteiger partial charge in [-0.15, -0.1) is 0 Å². The van der Waals surface area contributed by atoms with Gasteiger partial charge in [-0.1, -0.05) is 15.9 Å². The first-order valence-electron chi connectivity index (χ1n) is 4.33. The lowest BCUT2D eigenvalue weighted by Gasteiger charge is -2.27. The summed E-state index contributed by atoms with van der Waals surface area (Å²) in [6.07, 6.45) is -0.314. The van der Waals surface area contributed by atoms with Crippen LogP contribution in [0.4, 0.5) is 4.79 Å². The van der Waals surface area contributed by atoms with Crippen LogP contribution in [0.15, 0.2) is 0 Å². The molecule has 0 aromatic heterocycles. The van der Waals surface area contributed by atoms with Gasteiger partial charge in [0, 0.05) is 18.4 Å². The van der Waals surface area contributed by atoms with Crippen LogP contribution >= 0.6 is 15.9 Å². The quantitative estimate of drug-likeness (QED) is 0.694. The van der Waals surface area contributed by atoms with E-state index in [4.69, 9.17) is 9.47 Å². The van der Waals surface area contributed by atoms with Gasteiger partial charge in [0.1, 0.15) is 6.10 Å². The van der Waals surface area contributed by atoms with Gasteiger partial charge in [0.05, 0.1) is 13.2 Å². The molecule has 76 valence electrons. The van der Waals surface area contributed by atoms with Crippen molar-refractivity contribution in [3.63, 3.8) is 0 Å². The molecule has 5 heteroatoms. The third kappa shape index (κ3) is 3.52. The average Bonchev–Trinajstić information content (AvgIpc) is 2.19. The summed E-state index contributed by atoms with van der Waals surface area (Å²) in [4.78, 5) is 13.1. The molecule has 0 radical (unpaired) electrons. The minimum atomic E-state index is -0.241. The second-order valence-corrected chi connectivity index (χ2v) is 3.60. The lowest BCUT2D eigenvalue weighted by Crippen LogP contribution is -2.42. The SMILES string of the molecule is CC(CBr)OC(=O)N1CCOCC1. The summed E-state index contributed by atoms with van der Waals surface area (Å²) in [5.41, 5.74) is 0. The fourth-order valence-corrected chi connectivity index (χ4v) is 1.16. The molecule has 0 spiro atoms. The maximum absolute atomic E-state index is 11.4. The Kier molecular flexibility index (Phi) is 4.52. The van der Waals surface area contributed by atoms with Crippen LogP contribution in [0, 0.1) is 0 Å². The van der Waals surface area contributed by atoms with Gasteiger partial charge in [-0.05, 0) is 6.92 Å². The van der Waals surface area contributed by atoms with E-state index < -0.39 is 0 Å². The zero-order valence-corrected chi connectivity index (χ0v) is 9.25. The predicted octanol–water partition coefficient (Wildman–Crippen LogP) is 1.24. The maximum atomic E-state index is 11.4. The molecule has 4 nitrogen and oxygen atoms in total. The minimum absolute atomic E-state index is 0.0738. The van der Waals surface area contributed by atoms with Gasteiger partial charge < -0.3 is 14.4 Å². The van der Waals surface area contributed by atoms with Gasteiger partial charge in [0.2, 0.25) is 0 Å². The lowest BCUT2D eigenvalue weighted by atomic mass is 10.4. The highest BCUT2D eigenvalue weighted by Crippen LogP contribution is 2.03. The fourth-order valence-electron chi connectivity index (χ4n) is 1.02. The van der Waals surface area contributed by atoms with Gasteiger partial charge in [-0.2, -0.15) is 0 Å². The summed E-state index contributed by atoms with van der Waals surface area (Å²) < 4.78 is 10.2. The maximum Gasteiger partial charge on any atom is 0.410 e. The van der Waals surface area contributed by atoms with Crippen LogP contribution < -0.4 is 0 Å². The number of ether oxygens (including phenoxy) is 2. The van der Waals surface area contributed by atoms with Gasteiger partial charge in [-0.25, -0.2) is 4.79 Å². The second-order valence-electron chi connectivity index (χ2n) is 2.95.